The van der Waals surface area contributed by atoms with E-state index in [1.165, 1.54) is 12.3 Å². The summed E-state index contributed by atoms with van der Waals surface area (Å²) in [6, 6.07) is 15.9. The minimum Gasteiger partial charge on any atom is -0.456 e. The first-order valence-electron chi connectivity index (χ1n) is 12.1. The summed E-state index contributed by atoms with van der Waals surface area (Å²) in [6.07, 6.45) is 0.936. The summed E-state index contributed by atoms with van der Waals surface area (Å²) in [5.41, 5.74) is 3.02. The molecule has 2 aliphatic rings. The topological polar surface area (TPSA) is 103 Å². The smallest absolute Gasteiger partial charge is 0.295 e. The summed E-state index contributed by atoms with van der Waals surface area (Å²) < 4.78 is 52.9. The summed E-state index contributed by atoms with van der Waals surface area (Å²) in [4.78, 5) is 11.2. The minimum atomic E-state index is -0.790. The van der Waals surface area contributed by atoms with Crippen LogP contribution in [0, 0.1) is 11.6 Å². The number of oxazole rings is 1. The average molecular weight is 517 g/mol. The number of aliphatic hydroxyl groups excluding tert-OH is 1. The van der Waals surface area contributed by atoms with Crippen LogP contribution in [0.2, 0.25) is 0 Å². The van der Waals surface area contributed by atoms with Gasteiger partial charge in [-0.15, -0.1) is 0 Å². The molecule has 0 saturated carbocycles. The predicted molar refractivity (Wildman–Crippen MR) is 132 cm³/mol. The van der Waals surface area contributed by atoms with Gasteiger partial charge in [-0.2, -0.15) is 4.98 Å². The van der Waals surface area contributed by atoms with Gasteiger partial charge in [0.05, 0.1) is 30.5 Å². The molecule has 0 bridgehead atoms. The standard InChI is InChI=1S/C28H21F2N3O5/c29-18-11-19-24(33-28(32-19)38-21-13-37-25-20(34)12-36-26(21)25)23(30)22(18)16-5-1-14(2-6-16)15-3-7-17(8-4-15)27-31-9-10-35-27/h1-11,20-21,25-26,34H,12-13H2,(H,32,33)/t20-,21-,25-,26-/m1/s1. The van der Waals surface area contributed by atoms with E-state index in [1.807, 2.05) is 36.4 Å². The van der Waals surface area contributed by atoms with Crippen molar-refractivity contribution >= 4 is 11.0 Å². The van der Waals surface area contributed by atoms with Gasteiger partial charge in [0.2, 0.25) is 5.89 Å². The first-order chi connectivity index (χ1) is 18.5. The monoisotopic (exact) mass is 517 g/mol. The van der Waals surface area contributed by atoms with E-state index in [9.17, 15) is 5.11 Å². The van der Waals surface area contributed by atoms with Crippen molar-refractivity contribution in [1.29, 1.82) is 0 Å². The molecule has 0 amide bonds. The molecule has 0 unspecified atom stereocenters. The van der Waals surface area contributed by atoms with E-state index >= 15 is 8.78 Å². The zero-order valence-corrected chi connectivity index (χ0v) is 19.8. The van der Waals surface area contributed by atoms with Crippen molar-refractivity contribution in [3.63, 3.8) is 0 Å². The Hall–Kier alpha value is -4.12. The number of nitrogens with zero attached hydrogens (tertiary/aromatic N) is 2. The Labute approximate surface area is 214 Å². The second kappa shape index (κ2) is 9.02. The second-order valence-corrected chi connectivity index (χ2v) is 9.30. The van der Waals surface area contributed by atoms with Gasteiger partial charge in [-0.25, -0.2) is 13.8 Å². The van der Waals surface area contributed by atoms with Crippen LogP contribution in [-0.4, -0.2) is 57.7 Å². The highest BCUT2D eigenvalue weighted by molar-refractivity contribution is 5.84. The Morgan fingerprint density at radius 2 is 1.58 bits per heavy atom. The molecule has 2 N–H and O–H groups in total. The molecule has 0 aliphatic carbocycles. The summed E-state index contributed by atoms with van der Waals surface area (Å²) in [5, 5.41) is 9.91. The van der Waals surface area contributed by atoms with Crippen molar-refractivity contribution in [2.45, 2.75) is 24.4 Å². The number of fused-ring (bicyclic) bond motifs is 2. The number of aromatic amines is 1. The van der Waals surface area contributed by atoms with Crippen LogP contribution in [0.5, 0.6) is 6.01 Å². The number of nitrogens with one attached hydrogen (secondary N) is 1. The quantitative estimate of drug-likeness (QED) is 0.347. The molecule has 2 fully saturated rings. The van der Waals surface area contributed by atoms with Crippen molar-refractivity contribution in [1.82, 2.24) is 15.0 Å². The van der Waals surface area contributed by atoms with Gasteiger partial charge in [0.25, 0.3) is 6.01 Å². The molecule has 2 aromatic heterocycles. The van der Waals surface area contributed by atoms with Crippen LogP contribution in [0.15, 0.2) is 71.5 Å². The summed E-state index contributed by atoms with van der Waals surface area (Å²) in [6.45, 7) is 0.353. The number of H-pyrrole nitrogens is 1. The molecule has 0 spiro atoms. The first kappa shape index (κ1) is 23.0. The zero-order valence-electron chi connectivity index (χ0n) is 19.8. The average Bonchev–Trinajstić information content (AvgIpc) is 3.73. The molecule has 0 radical (unpaired) electrons. The number of rotatable bonds is 5. The van der Waals surface area contributed by atoms with Gasteiger partial charge in [0, 0.05) is 11.6 Å². The molecule has 4 heterocycles. The fourth-order valence-electron chi connectivity index (χ4n) is 5.07. The van der Waals surface area contributed by atoms with Gasteiger partial charge in [0.1, 0.15) is 35.9 Å². The van der Waals surface area contributed by atoms with Gasteiger partial charge in [-0.3, -0.25) is 0 Å². The molecule has 4 atom stereocenters. The lowest BCUT2D eigenvalue weighted by atomic mass is 9.98. The fraction of sp³-hybridized carbons (Fsp3) is 0.214. The summed E-state index contributed by atoms with van der Waals surface area (Å²) >= 11 is 0. The molecule has 2 aliphatic heterocycles. The maximum absolute atomic E-state index is 15.5. The van der Waals surface area contributed by atoms with Gasteiger partial charge in [-0.05, 0) is 28.8 Å². The van der Waals surface area contributed by atoms with Gasteiger partial charge in [0.15, 0.2) is 11.9 Å². The molecule has 2 saturated heterocycles. The van der Waals surface area contributed by atoms with E-state index in [2.05, 4.69) is 15.0 Å². The Kier molecular flexibility index (Phi) is 5.46. The first-order valence-corrected chi connectivity index (χ1v) is 12.1. The SMILES string of the molecule is O[C@@H]1CO[C@H]2[C@@H]1OC[C@H]2Oc1nc2c(F)c(-c3ccc(-c4ccc(-c5ncco5)cc4)cc3)c(F)cc2[nH]1. The van der Waals surface area contributed by atoms with E-state index < -0.39 is 36.1 Å². The maximum Gasteiger partial charge on any atom is 0.295 e. The number of imidazole rings is 1. The predicted octanol–water partition coefficient (Wildman–Crippen LogP) is 4.74. The second-order valence-electron chi connectivity index (χ2n) is 9.30. The number of ether oxygens (including phenoxy) is 3. The Bertz CT molecular complexity index is 1600. The molecular weight excluding hydrogens is 496 g/mol. The van der Waals surface area contributed by atoms with Crippen molar-refractivity contribution in [2.24, 2.45) is 0 Å². The van der Waals surface area contributed by atoms with Crippen molar-refractivity contribution in [2.75, 3.05) is 13.2 Å². The molecule has 5 aromatic rings. The van der Waals surface area contributed by atoms with Crippen LogP contribution < -0.4 is 4.74 Å². The summed E-state index contributed by atoms with van der Waals surface area (Å²) in [5.74, 6) is -0.978. The van der Waals surface area contributed by atoms with Crippen LogP contribution >= 0.6 is 0 Å². The highest BCUT2D eigenvalue weighted by atomic mass is 19.1. The zero-order chi connectivity index (χ0) is 25.8. The van der Waals surface area contributed by atoms with Crippen LogP contribution in [0.1, 0.15) is 0 Å². The highest BCUT2D eigenvalue weighted by Crippen LogP contribution is 2.35. The molecule has 38 heavy (non-hydrogen) atoms. The lowest BCUT2D eigenvalue weighted by molar-refractivity contribution is 0.00706. The minimum absolute atomic E-state index is 0.0261. The van der Waals surface area contributed by atoms with E-state index in [0.29, 0.717) is 11.5 Å². The normalized spacial score (nSPS) is 22.7. The van der Waals surface area contributed by atoms with Crippen LogP contribution in [-0.2, 0) is 9.47 Å². The Morgan fingerprint density at radius 1 is 0.895 bits per heavy atom. The van der Waals surface area contributed by atoms with Crippen molar-refractivity contribution in [3.05, 3.63) is 78.7 Å². The molecule has 3 aromatic carbocycles. The molecular formula is C28H21F2N3O5. The molecule has 7 rings (SSSR count). The number of aliphatic hydroxyl groups is 1. The Balaban J connectivity index is 1.14. The van der Waals surface area contributed by atoms with Crippen molar-refractivity contribution < 1.29 is 32.5 Å². The molecule has 10 heteroatoms. The van der Waals surface area contributed by atoms with Gasteiger partial charge >= 0.3 is 0 Å². The highest BCUT2D eigenvalue weighted by Gasteiger charge is 2.48. The van der Waals surface area contributed by atoms with Crippen LogP contribution in [0.25, 0.3) is 44.7 Å². The molecule has 8 nitrogen and oxygen atoms in total. The molecule has 192 valence electrons. The number of aromatic nitrogens is 3. The van der Waals surface area contributed by atoms with E-state index in [0.717, 1.165) is 16.7 Å². The lowest BCUT2D eigenvalue weighted by Crippen LogP contribution is -2.34. The van der Waals surface area contributed by atoms with Gasteiger partial charge < -0.3 is 28.7 Å². The number of benzene rings is 3. The third kappa shape index (κ3) is 3.85. The van der Waals surface area contributed by atoms with Crippen LogP contribution in [0.3, 0.4) is 0 Å². The number of hydrogen-bond donors (Lipinski definition) is 2. The van der Waals surface area contributed by atoms with Crippen LogP contribution in [0.4, 0.5) is 8.78 Å². The number of hydrogen-bond acceptors (Lipinski definition) is 7. The third-order valence-electron chi connectivity index (χ3n) is 6.96. The van der Waals surface area contributed by atoms with Crippen molar-refractivity contribution in [3.8, 4) is 39.7 Å². The van der Waals surface area contributed by atoms with Gasteiger partial charge in [-0.1, -0.05) is 36.4 Å². The fourth-order valence-corrected chi connectivity index (χ4v) is 5.07. The third-order valence-corrected chi connectivity index (χ3v) is 6.96. The van der Waals surface area contributed by atoms with E-state index in [4.69, 9.17) is 18.6 Å². The number of halogens is 2. The summed E-state index contributed by atoms with van der Waals surface area (Å²) in [7, 11) is 0. The lowest BCUT2D eigenvalue weighted by Gasteiger charge is -2.15. The Morgan fingerprint density at radius 3 is 2.29 bits per heavy atom. The maximum atomic E-state index is 15.5. The van der Waals surface area contributed by atoms with E-state index in [1.54, 1.807) is 18.3 Å². The van der Waals surface area contributed by atoms with E-state index in [-0.39, 0.29) is 35.8 Å². The largest absolute Gasteiger partial charge is 0.456 e.